The summed E-state index contributed by atoms with van der Waals surface area (Å²) in [5.41, 5.74) is 6.14. The Morgan fingerprint density at radius 3 is 2.62 bits per heavy atom. The highest BCUT2D eigenvalue weighted by molar-refractivity contribution is 6.34. The van der Waals surface area contributed by atoms with Gasteiger partial charge in [0, 0.05) is 17.8 Å². The first kappa shape index (κ1) is 14.6. The van der Waals surface area contributed by atoms with E-state index in [1.807, 2.05) is 0 Å². The van der Waals surface area contributed by atoms with Gasteiger partial charge in [-0.2, -0.15) is 0 Å². The van der Waals surface area contributed by atoms with Gasteiger partial charge in [0.15, 0.2) is 5.84 Å². The molecule has 7 nitrogen and oxygen atoms in total. The molecule has 5 N–H and O–H groups in total. The van der Waals surface area contributed by atoms with Crippen molar-refractivity contribution >= 4 is 29.0 Å². The highest BCUT2D eigenvalue weighted by Gasteiger charge is 2.10. The third kappa shape index (κ3) is 3.40. The number of nitrogens with one attached hydrogen (secondary N) is 2. The van der Waals surface area contributed by atoms with Gasteiger partial charge in [-0.3, -0.25) is 9.59 Å². The van der Waals surface area contributed by atoms with Crippen molar-refractivity contribution in [3.63, 3.8) is 0 Å². The molecule has 0 radical (unpaired) electrons. The van der Waals surface area contributed by atoms with Gasteiger partial charge in [-0.15, -0.1) is 0 Å². The number of aromatic amines is 1. The van der Waals surface area contributed by atoms with Crippen LogP contribution >= 0.6 is 11.6 Å². The molecule has 2 aromatic rings. The maximum Gasteiger partial charge on any atom is 0.257 e. The number of H-pyrrole nitrogens is 1. The SMILES string of the molecule is N/C(=N/O)c1ccc(Cl)c(NC(=O)c2ccc(=O)[nH]c2)c1. The minimum atomic E-state index is -0.454. The number of carbonyl (C=O) groups is 1. The second-order valence-corrected chi connectivity index (χ2v) is 4.48. The molecule has 0 atom stereocenters. The Morgan fingerprint density at radius 2 is 2.00 bits per heavy atom. The molecule has 0 aliphatic carbocycles. The number of oxime groups is 1. The first-order chi connectivity index (χ1) is 10.0. The lowest BCUT2D eigenvalue weighted by molar-refractivity contribution is 0.102. The molecule has 0 saturated heterocycles. The Balaban J connectivity index is 2.28. The largest absolute Gasteiger partial charge is 0.409 e. The van der Waals surface area contributed by atoms with Gasteiger partial charge in [-0.25, -0.2) is 0 Å². The van der Waals surface area contributed by atoms with Gasteiger partial charge >= 0.3 is 0 Å². The fraction of sp³-hybridized carbons (Fsp3) is 0. The normalized spacial score (nSPS) is 11.2. The highest BCUT2D eigenvalue weighted by Crippen LogP contribution is 2.23. The zero-order valence-electron chi connectivity index (χ0n) is 10.6. The van der Waals surface area contributed by atoms with E-state index in [1.54, 1.807) is 6.07 Å². The van der Waals surface area contributed by atoms with E-state index in [4.69, 9.17) is 22.5 Å². The van der Waals surface area contributed by atoms with E-state index >= 15 is 0 Å². The molecule has 1 aromatic carbocycles. The number of aromatic nitrogens is 1. The van der Waals surface area contributed by atoms with Crippen molar-refractivity contribution in [1.82, 2.24) is 4.98 Å². The molecule has 0 saturated carbocycles. The Hall–Kier alpha value is -2.80. The number of nitrogens with zero attached hydrogens (tertiary/aromatic N) is 1. The van der Waals surface area contributed by atoms with Gasteiger partial charge in [0.1, 0.15) is 0 Å². The predicted molar refractivity (Wildman–Crippen MR) is 79.0 cm³/mol. The molecule has 0 bridgehead atoms. The number of anilines is 1. The first-order valence-electron chi connectivity index (χ1n) is 5.79. The molecule has 1 heterocycles. The second-order valence-electron chi connectivity index (χ2n) is 4.08. The van der Waals surface area contributed by atoms with Crippen molar-refractivity contribution in [2.24, 2.45) is 10.9 Å². The van der Waals surface area contributed by atoms with Crippen LogP contribution in [0.3, 0.4) is 0 Å². The number of amidine groups is 1. The summed E-state index contributed by atoms with van der Waals surface area (Å²) in [5, 5.41) is 14.4. The molecule has 0 aliphatic rings. The lowest BCUT2D eigenvalue weighted by Gasteiger charge is -2.09. The van der Waals surface area contributed by atoms with E-state index in [9.17, 15) is 9.59 Å². The zero-order valence-corrected chi connectivity index (χ0v) is 11.4. The molecule has 0 spiro atoms. The number of pyridine rings is 1. The molecule has 1 aromatic heterocycles. The number of nitrogens with two attached hydrogens (primary N) is 1. The van der Waals surface area contributed by atoms with Gasteiger partial charge in [-0.05, 0) is 24.3 Å². The van der Waals surface area contributed by atoms with Crippen LogP contribution in [-0.2, 0) is 0 Å². The van der Waals surface area contributed by atoms with Gasteiger partial charge in [-0.1, -0.05) is 16.8 Å². The predicted octanol–water partition coefficient (Wildman–Crippen LogP) is 1.38. The molecule has 21 heavy (non-hydrogen) atoms. The third-order valence-electron chi connectivity index (χ3n) is 2.66. The van der Waals surface area contributed by atoms with Crippen LogP contribution in [0.2, 0.25) is 5.02 Å². The van der Waals surface area contributed by atoms with Crippen molar-refractivity contribution in [1.29, 1.82) is 0 Å². The van der Waals surface area contributed by atoms with Crippen LogP contribution in [-0.4, -0.2) is 21.9 Å². The molecule has 108 valence electrons. The van der Waals surface area contributed by atoms with Gasteiger partial charge in [0.2, 0.25) is 5.56 Å². The van der Waals surface area contributed by atoms with Crippen LogP contribution in [0.4, 0.5) is 5.69 Å². The smallest absolute Gasteiger partial charge is 0.257 e. The minimum Gasteiger partial charge on any atom is -0.409 e. The highest BCUT2D eigenvalue weighted by atomic mass is 35.5. The number of hydrogen-bond donors (Lipinski definition) is 4. The molecule has 0 aliphatic heterocycles. The Kier molecular flexibility index (Phi) is 4.24. The lowest BCUT2D eigenvalue weighted by atomic mass is 10.1. The van der Waals surface area contributed by atoms with E-state index in [2.05, 4.69) is 15.5 Å². The fourth-order valence-electron chi connectivity index (χ4n) is 1.58. The van der Waals surface area contributed by atoms with Crippen molar-refractivity contribution in [2.45, 2.75) is 0 Å². The molecule has 1 amide bonds. The minimum absolute atomic E-state index is 0.105. The standard InChI is InChI=1S/C13H11ClN4O3/c14-9-3-1-7(12(15)18-21)5-10(9)17-13(20)8-2-4-11(19)16-6-8/h1-6,21H,(H2,15,18)(H,16,19)(H,17,20). The summed E-state index contributed by atoms with van der Waals surface area (Å²) < 4.78 is 0. The van der Waals surface area contributed by atoms with Crippen LogP contribution < -0.4 is 16.6 Å². The Morgan fingerprint density at radius 1 is 1.29 bits per heavy atom. The quantitative estimate of drug-likeness (QED) is 0.296. The van der Waals surface area contributed by atoms with Gasteiger partial charge < -0.3 is 21.2 Å². The number of rotatable bonds is 3. The van der Waals surface area contributed by atoms with E-state index in [0.717, 1.165) is 0 Å². The monoisotopic (exact) mass is 306 g/mol. The van der Waals surface area contributed by atoms with Crippen LogP contribution in [0, 0.1) is 0 Å². The summed E-state index contributed by atoms with van der Waals surface area (Å²) in [5.74, 6) is -0.559. The van der Waals surface area contributed by atoms with Gasteiger partial charge in [0.05, 0.1) is 16.3 Å². The van der Waals surface area contributed by atoms with Crippen LogP contribution in [0.15, 0.2) is 46.5 Å². The lowest BCUT2D eigenvalue weighted by Crippen LogP contribution is -2.16. The van der Waals surface area contributed by atoms with Crippen LogP contribution in [0.1, 0.15) is 15.9 Å². The van der Waals surface area contributed by atoms with Crippen molar-refractivity contribution < 1.29 is 10.0 Å². The molecular weight excluding hydrogens is 296 g/mol. The zero-order chi connectivity index (χ0) is 15.4. The molecule has 0 fully saturated rings. The Labute approximate surface area is 124 Å². The topological polar surface area (TPSA) is 121 Å². The van der Waals surface area contributed by atoms with Crippen molar-refractivity contribution in [2.75, 3.05) is 5.32 Å². The summed E-state index contributed by atoms with van der Waals surface area (Å²) in [7, 11) is 0. The Bertz CT molecular complexity index is 750. The number of halogens is 1. The number of carbonyl (C=O) groups excluding carboxylic acids is 1. The number of benzene rings is 1. The van der Waals surface area contributed by atoms with Crippen molar-refractivity contribution in [3.8, 4) is 0 Å². The van der Waals surface area contributed by atoms with Crippen LogP contribution in [0.5, 0.6) is 0 Å². The summed E-state index contributed by atoms with van der Waals surface area (Å²) in [4.78, 5) is 25.4. The number of amides is 1. The summed E-state index contributed by atoms with van der Waals surface area (Å²) in [6, 6.07) is 7.16. The average molecular weight is 307 g/mol. The fourth-order valence-corrected chi connectivity index (χ4v) is 1.75. The van der Waals surface area contributed by atoms with E-state index in [1.165, 1.54) is 30.5 Å². The van der Waals surface area contributed by atoms with E-state index in [-0.39, 0.29) is 17.0 Å². The van der Waals surface area contributed by atoms with Crippen molar-refractivity contribution in [3.05, 3.63) is 63.0 Å². The summed E-state index contributed by atoms with van der Waals surface area (Å²) in [6.07, 6.45) is 1.29. The van der Waals surface area contributed by atoms with Gasteiger partial charge in [0.25, 0.3) is 5.91 Å². The molecule has 8 heteroatoms. The number of hydrogen-bond acceptors (Lipinski definition) is 4. The summed E-state index contributed by atoms with van der Waals surface area (Å²) >= 11 is 5.99. The second kappa shape index (κ2) is 6.10. The molecule has 0 unspecified atom stereocenters. The average Bonchev–Trinajstić information content (AvgIpc) is 2.49. The first-order valence-corrected chi connectivity index (χ1v) is 6.16. The van der Waals surface area contributed by atoms with E-state index in [0.29, 0.717) is 16.3 Å². The molecule has 2 rings (SSSR count). The molecular formula is C13H11ClN4O3. The maximum atomic E-state index is 12.0. The summed E-state index contributed by atoms with van der Waals surface area (Å²) in [6.45, 7) is 0. The van der Waals surface area contributed by atoms with Crippen LogP contribution in [0.25, 0.3) is 0 Å². The van der Waals surface area contributed by atoms with E-state index < -0.39 is 5.91 Å². The third-order valence-corrected chi connectivity index (χ3v) is 2.99. The maximum absolute atomic E-state index is 12.0.